The second kappa shape index (κ2) is 5.52. The van der Waals surface area contributed by atoms with E-state index in [2.05, 4.69) is 57.5 Å². The van der Waals surface area contributed by atoms with Gasteiger partial charge in [-0.1, -0.05) is 43.6 Å². The summed E-state index contributed by atoms with van der Waals surface area (Å²) >= 11 is 3.45. The first-order chi connectivity index (χ1) is 7.02. The van der Waals surface area contributed by atoms with Crippen molar-refractivity contribution in [3.63, 3.8) is 0 Å². The van der Waals surface area contributed by atoms with Gasteiger partial charge in [0, 0.05) is 24.3 Å². The van der Waals surface area contributed by atoms with E-state index in [1.807, 2.05) is 11.9 Å². The minimum atomic E-state index is -0.116. The fourth-order valence-corrected chi connectivity index (χ4v) is 1.51. The fourth-order valence-electron chi connectivity index (χ4n) is 1.13. The Bertz CT molecular complexity index is 243. The topological polar surface area (TPSA) is 20.3 Å². The van der Waals surface area contributed by atoms with E-state index in [4.69, 9.17) is 0 Å². The molecule has 0 fully saturated rings. The van der Waals surface area contributed by atoms with E-state index in [0.717, 1.165) is 5.33 Å². The zero-order valence-corrected chi connectivity index (χ0v) is 13.3. The van der Waals surface area contributed by atoms with Gasteiger partial charge in [0.1, 0.15) is 0 Å². The molecule has 0 aromatic carbocycles. The summed E-state index contributed by atoms with van der Waals surface area (Å²) in [5, 5.41) is 0.798. The van der Waals surface area contributed by atoms with Gasteiger partial charge < -0.3 is 4.90 Å². The number of carbonyl (C=O) groups excluding carboxylic acids is 1. The van der Waals surface area contributed by atoms with E-state index in [1.54, 1.807) is 0 Å². The van der Waals surface area contributed by atoms with Crippen LogP contribution < -0.4 is 0 Å². The molecule has 1 unspecified atom stereocenters. The van der Waals surface area contributed by atoms with Crippen molar-refractivity contribution in [3.05, 3.63) is 0 Å². The highest BCUT2D eigenvalue weighted by Gasteiger charge is 2.29. The van der Waals surface area contributed by atoms with Gasteiger partial charge in [-0.15, -0.1) is 0 Å². The van der Waals surface area contributed by atoms with Crippen molar-refractivity contribution in [3.8, 4) is 0 Å². The second-order valence-corrected chi connectivity index (χ2v) is 6.93. The summed E-state index contributed by atoms with van der Waals surface area (Å²) in [5.41, 5.74) is 0.0731. The minimum Gasteiger partial charge on any atom is -0.340 e. The molecular formula is C13H26BrNO. The monoisotopic (exact) mass is 291 g/mol. The zero-order valence-electron chi connectivity index (χ0n) is 11.7. The fraction of sp³-hybridized carbons (Fsp3) is 0.923. The third-order valence-corrected chi connectivity index (χ3v) is 4.94. The van der Waals surface area contributed by atoms with Crippen LogP contribution >= 0.6 is 15.9 Å². The van der Waals surface area contributed by atoms with Crippen LogP contribution in [0, 0.1) is 11.3 Å². The summed E-state index contributed by atoms with van der Waals surface area (Å²) in [7, 11) is 1.89. The summed E-state index contributed by atoms with van der Waals surface area (Å²) in [6, 6.07) is 0. The Kier molecular flexibility index (Phi) is 5.51. The van der Waals surface area contributed by atoms with Crippen molar-refractivity contribution in [2.45, 2.75) is 53.5 Å². The molecule has 0 heterocycles. The standard InChI is InChI=1S/C13H26BrNO/c1-10(12(2,3)4)8-11(16)15(7)13(5,6)9-14/h10H,8-9H2,1-7H3. The van der Waals surface area contributed by atoms with Gasteiger partial charge in [0.05, 0.1) is 0 Å². The number of carbonyl (C=O) groups is 1. The Hall–Kier alpha value is -0.0500. The summed E-state index contributed by atoms with van der Waals surface area (Å²) in [6.45, 7) is 12.8. The van der Waals surface area contributed by atoms with Crippen LogP contribution in [-0.2, 0) is 4.79 Å². The van der Waals surface area contributed by atoms with E-state index in [-0.39, 0.29) is 16.9 Å². The molecule has 0 aliphatic rings. The number of rotatable bonds is 4. The summed E-state index contributed by atoms with van der Waals surface area (Å²) in [4.78, 5) is 14.0. The average Bonchev–Trinajstić information content (AvgIpc) is 2.14. The van der Waals surface area contributed by atoms with Crippen LogP contribution in [0.15, 0.2) is 0 Å². The summed E-state index contributed by atoms with van der Waals surface area (Å²) in [6.07, 6.45) is 0.621. The molecule has 0 aromatic heterocycles. The Morgan fingerprint density at radius 3 is 2.00 bits per heavy atom. The first-order valence-corrected chi connectivity index (χ1v) is 6.97. The van der Waals surface area contributed by atoms with Crippen molar-refractivity contribution in [1.29, 1.82) is 0 Å². The Morgan fingerprint density at radius 1 is 1.25 bits per heavy atom. The molecule has 0 spiro atoms. The van der Waals surface area contributed by atoms with Gasteiger partial charge in [0.15, 0.2) is 0 Å². The Labute approximate surface area is 109 Å². The number of hydrogen-bond acceptors (Lipinski definition) is 1. The lowest BCUT2D eigenvalue weighted by Crippen LogP contribution is -2.47. The van der Waals surface area contributed by atoms with Crippen LogP contribution in [0.25, 0.3) is 0 Å². The zero-order chi connectivity index (χ0) is 13.1. The quantitative estimate of drug-likeness (QED) is 0.724. The SMILES string of the molecule is CC(CC(=O)N(C)C(C)(C)CBr)C(C)(C)C. The maximum absolute atomic E-state index is 12.1. The molecule has 0 saturated carbocycles. The van der Waals surface area contributed by atoms with E-state index >= 15 is 0 Å². The molecule has 1 atom stereocenters. The van der Waals surface area contributed by atoms with Crippen LogP contribution in [0.1, 0.15) is 48.0 Å². The van der Waals surface area contributed by atoms with Crippen LogP contribution in [0.3, 0.4) is 0 Å². The molecule has 96 valence electrons. The lowest BCUT2D eigenvalue weighted by molar-refractivity contribution is -0.135. The van der Waals surface area contributed by atoms with E-state index in [1.165, 1.54) is 0 Å². The molecule has 0 saturated heterocycles. The normalized spacial score (nSPS) is 14.8. The molecule has 0 radical (unpaired) electrons. The minimum absolute atomic E-state index is 0.116. The number of nitrogens with zero attached hydrogens (tertiary/aromatic N) is 1. The molecule has 3 heteroatoms. The van der Waals surface area contributed by atoms with Gasteiger partial charge in [-0.25, -0.2) is 0 Å². The van der Waals surface area contributed by atoms with Gasteiger partial charge in [-0.3, -0.25) is 4.79 Å². The molecule has 0 bridgehead atoms. The van der Waals surface area contributed by atoms with Crippen molar-refractivity contribution in [1.82, 2.24) is 4.90 Å². The van der Waals surface area contributed by atoms with E-state index < -0.39 is 0 Å². The molecule has 0 aliphatic carbocycles. The molecule has 2 nitrogen and oxygen atoms in total. The predicted octanol–water partition coefficient (Wildman–Crippen LogP) is 3.69. The summed E-state index contributed by atoms with van der Waals surface area (Å²) in [5.74, 6) is 0.625. The third kappa shape index (κ3) is 4.44. The highest BCUT2D eigenvalue weighted by molar-refractivity contribution is 9.09. The molecule has 0 aromatic rings. The second-order valence-electron chi connectivity index (χ2n) is 6.37. The Morgan fingerprint density at radius 2 is 1.69 bits per heavy atom. The highest BCUT2D eigenvalue weighted by atomic mass is 79.9. The number of hydrogen-bond donors (Lipinski definition) is 0. The lowest BCUT2D eigenvalue weighted by Gasteiger charge is -2.36. The van der Waals surface area contributed by atoms with Crippen LogP contribution in [0.4, 0.5) is 0 Å². The molecule has 0 aliphatic heterocycles. The molecule has 1 amide bonds. The first kappa shape index (κ1) is 16.0. The number of halogens is 1. The maximum atomic E-state index is 12.1. The molecule has 0 N–H and O–H groups in total. The van der Waals surface area contributed by atoms with Crippen molar-refractivity contribution < 1.29 is 4.79 Å². The van der Waals surface area contributed by atoms with Crippen LogP contribution in [-0.4, -0.2) is 28.7 Å². The number of alkyl halides is 1. The van der Waals surface area contributed by atoms with Gasteiger partial charge >= 0.3 is 0 Å². The largest absolute Gasteiger partial charge is 0.340 e. The molecule has 0 rings (SSSR count). The van der Waals surface area contributed by atoms with Gasteiger partial charge in [-0.2, -0.15) is 0 Å². The highest BCUT2D eigenvalue weighted by Crippen LogP contribution is 2.29. The summed E-state index contributed by atoms with van der Waals surface area (Å²) < 4.78 is 0. The van der Waals surface area contributed by atoms with Gasteiger partial charge in [0.25, 0.3) is 0 Å². The van der Waals surface area contributed by atoms with E-state index in [0.29, 0.717) is 12.3 Å². The maximum Gasteiger partial charge on any atom is 0.223 e. The molecular weight excluding hydrogens is 266 g/mol. The van der Waals surface area contributed by atoms with Gasteiger partial charge in [0.2, 0.25) is 5.91 Å². The van der Waals surface area contributed by atoms with Crippen LogP contribution in [0.2, 0.25) is 0 Å². The van der Waals surface area contributed by atoms with Crippen molar-refractivity contribution >= 4 is 21.8 Å². The number of amides is 1. The van der Waals surface area contributed by atoms with Crippen molar-refractivity contribution in [2.24, 2.45) is 11.3 Å². The molecule has 16 heavy (non-hydrogen) atoms. The third-order valence-electron chi connectivity index (χ3n) is 3.57. The van der Waals surface area contributed by atoms with Gasteiger partial charge in [-0.05, 0) is 25.2 Å². The van der Waals surface area contributed by atoms with Crippen molar-refractivity contribution in [2.75, 3.05) is 12.4 Å². The Balaban J connectivity index is 4.49. The predicted molar refractivity (Wildman–Crippen MR) is 73.9 cm³/mol. The lowest BCUT2D eigenvalue weighted by atomic mass is 9.80. The first-order valence-electron chi connectivity index (χ1n) is 5.85. The van der Waals surface area contributed by atoms with E-state index in [9.17, 15) is 4.79 Å². The average molecular weight is 292 g/mol. The smallest absolute Gasteiger partial charge is 0.223 e. The van der Waals surface area contributed by atoms with Crippen LogP contribution in [0.5, 0.6) is 0 Å².